The fraction of sp³-hybridized carbons (Fsp3) is 0.400. The van der Waals surface area contributed by atoms with E-state index in [4.69, 9.17) is 23.2 Å². The Labute approximate surface area is 94.6 Å². The van der Waals surface area contributed by atoms with Crippen LogP contribution in [0.25, 0.3) is 0 Å². The molecule has 2 N–H and O–H groups in total. The van der Waals surface area contributed by atoms with Gasteiger partial charge in [-0.2, -0.15) is 0 Å². The quantitative estimate of drug-likeness (QED) is 0.764. The van der Waals surface area contributed by atoms with Crippen molar-refractivity contribution in [2.45, 2.75) is 6.92 Å². The number of hydrogen-bond acceptors (Lipinski definition) is 2. The zero-order chi connectivity index (χ0) is 10.4. The van der Waals surface area contributed by atoms with E-state index in [1.165, 1.54) is 0 Å². The molecule has 2 nitrogen and oxygen atoms in total. The van der Waals surface area contributed by atoms with E-state index < -0.39 is 0 Å². The Morgan fingerprint density at radius 3 is 2.71 bits per heavy atom. The van der Waals surface area contributed by atoms with Gasteiger partial charge in [0.1, 0.15) is 0 Å². The standard InChI is InChI=1S/C10H14Cl2N2/c1-2-13-6-7-14-9-5-3-4-8(11)10(9)12/h3-5,13-14H,2,6-7H2,1H3. The summed E-state index contributed by atoms with van der Waals surface area (Å²) in [5.41, 5.74) is 0.886. The Morgan fingerprint density at radius 2 is 2.00 bits per heavy atom. The molecule has 0 aromatic heterocycles. The van der Waals surface area contributed by atoms with Gasteiger partial charge in [-0.05, 0) is 18.7 Å². The monoisotopic (exact) mass is 232 g/mol. The predicted octanol–water partition coefficient (Wildman–Crippen LogP) is 3.01. The van der Waals surface area contributed by atoms with E-state index in [-0.39, 0.29) is 0 Å². The second-order valence-corrected chi connectivity index (χ2v) is 3.67. The summed E-state index contributed by atoms with van der Waals surface area (Å²) in [6.07, 6.45) is 0. The van der Waals surface area contributed by atoms with Crippen molar-refractivity contribution in [2.75, 3.05) is 25.0 Å². The third-order valence-corrected chi connectivity index (χ3v) is 2.64. The molecule has 0 aliphatic heterocycles. The van der Waals surface area contributed by atoms with Gasteiger partial charge in [-0.25, -0.2) is 0 Å². The van der Waals surface area contributed by atoms with E-state index in [1.807, 2.05) is 12.1 Å². The van der Waals surface area contributed by atoms with Crippen LogP contribution in [-0.2, 0) is 0 Å². The summed E-state index contributed by atoms with van der Waals surface area (Å²) in [4.78, 5) is 0. The predicted molar refractivity (Wildman–Crippen MR) is 63.5 cm³/mol. The Morgan fingerprint density at radius 1 is 1.21 bits per heavy atom. The van der Waals surface area contributed by atoms with Crippen LogP contribution in [0.4, 0.5) is 5.69 Å². The molecule has 0 bridgehead atoms. The minimum absolute atomic E-state index is 0.583. The molecule has 1 aromatic rings. The van der Waals surface area contributed by atoms with Gasteiger partial charge in [-0.15, -0.1) is 0 Å². The van der Waals surface area contributed by atoms with Crippen LogP contribution in [0.2, 0.25) is 10.0 Å². The van der Waals surface area contributed by atoms with Gasteiger partial charge >= 0.3 is 0 Å². The second-order valence-electron chi connectivity index (χ2n) is 2.88. The maximum absolute atomic E-state index is 5.99. The summed E-state index contributed by atoms with van der Waals surface area (Å²) in [5, 5.41) is 7.60. The first-order valence-corrected chi connectivity index (χ1v) is 5.40. The third-order valence-electron chi connectivity index (χ3n) is 1.82. The smallest absolute Gasteiger partial charge is 0.0823 e. The molecule has 0 aliphatic rings. The highest BCUT2D eigenvalue weighted by Gasteiger charge is 2.02. The highest BCUT2D eigenvalue weighted by atomic mass is 35.5. The van der Waals surface area contributed by atoms with Gasteiger partial charge in [0.05, 0.1) is 15.7 Å². The SMILES string of the molecule is CCNCCNc1cccc(Cl)c1Cl. The van der Waals surface area contributed by atoms with Crippen LogP contribution in [0.3, 0.4) is 0 Å². The number of likely N-dealkylation sites (N-methyl/N-ethyl adjacent to an activating group) is 1. The van der Waals surface area contributed by atoms with Gasteiger partial charge in [0, 0.05) is 13.1 Å². The highest BCUT2D eigenvalue weighted by molar-refractivity contribution is 6.43. The van der Waals surface area contributed by atoms with Crippen molar-refractivity contribution >= 4 is 28.9 Å². The molecule has 0 amide bonds. The normalized spacial score (nSPS) is 10.2. The van der Waals surface area contributed by atoms with E-state index >= 15 is 0 Å². The number of nitrogens with one attached hydrogen (secondary N) is 2. The molecule has 1 rings (SSSR count). The zero-order valence-corrected chi connectivity index (χ0v) is 9.62. The molecule has 0 aliphatic carbocycles. The molecule has 0 heterocycles. The van der Waals surface area contributed by atoms with Crippen LogP contribution >= 0.6 is 23.2 Å². The Bertz CT molecular complexity index is 289. The zero-order valence-electron chi connectivity index (χ0n) is 8.11. The molecule has 14 heavy (non-hydrogen) atoms. The first kappa shape index (κ1) is 11.6. The average molecular weight is 233 g/mol. The van der Waals surface area contributed by atoms with Crippen LogP contribution in [0, 0.1) is 0 Å². The van der Waals surface area contributed by atoms with Crippen LogP contribution in [0.1, 0.15) is 6.92 Å². The van der Waals surface area contributed by atoms with E-state index in [1.54, 1.807) is 6.07 Å². The van der Waals surface area contributed by atoms with Crippen molar-refractivity contribution in [3.63, 3.8) is 0 Å². The topological polar surface area (TPSA) is 24.1 Å². The molecule has 78 valence electrons. The lowest BCUT2D eigenvalue weighted by molar-refractivity contribution is 0.739. The van der Waals surface area contributed by atoms with Crippen molar-refractivity contribution in [1.29, 1.82) is 0 Å². The number of halogens is 2. The van der Waals surface area contributed by atoms with Crippen molar-refractivity contribution in [3.8, 4) is 0 Å². The summed E-state index contributed by atoms with van der Waals surface area (Å²) < 4.78 is 0. The number of benzene rings is 1. The van der Waals surface area contributed by atoms with Crippen molar-refractivity contribution in [3.05, 3.63) is 28.2 Å². The van der Waals surface area contributed by atoms with Gasteiger partial charge in [0.15, 0.2) is 0 Å². The fourth-order valence-electron chi connectivity index (χ4n) is 1.10. The summed E-state index contributed by atoms with van der Waals surface area (Å²) in [7, 11) is 0. The molecular formula is C10H14Cl2N2. The molecule has 0 spiro atoms. The van der Waals surface area contributed by atoms with E-state index in [2.05, 4.69) is 17.6 Å². The number of anilines is 1. The first-order chi connectivity index (χ1) is 6.75. The highest BCUT2D eigenvalue weighted by Crippen LogP contribution is 2.29. The summed E-state index contributed by atoms with van der Waals surface area (Å²) >= 11 is 11.9. The largest absolute Gasteiger partial charge is 0.383 e. The molecule has 4 heteroatoms. The van der Waals surface area contributed by atoms with Gasteiger partial charge in [0.2, 0.25) is 0 Å². The van der Waals surface area contributed by atoms with Gasteiger partial charge in [-0.3, -0.25) is 0 Å². The molecule has 0 atom stereocenters. The van der Waals surface area contributed by atoms with Gasteiger partial charge in [0.25, 0.3) is 0 Å². The van der Waals surface area contributed by atoms with Crippen LogP contribution in [0.5, 0.6) is 0 Å². The summed E-state index contributed by atoms with van der Waals surface area (Å²) in [6, 6.07) is 5.57. The Kier molecular flexibility index (Phi) is 5.09. The molecule has 0 unspecified atom stereocenters. The van der Waals surface area contributed by atoms with E-state index in [9.17, 15) is 0 Å². The van der Waals surface area contributed by atoms with Gasteiger partial charge in [-0.1, -0.05) is 36.2 Å². The lowest BCUT2D eigenvalue weighted by Gasteiger charge is -2.09. The number of rotatable bonds is 5. The minimum Gasteiger partial charge on any atom is -0.383 e. The molecule has 0 radical (unpaired) electrons. The maximum Gasteiger partial charge on any atom is 0.0823 e. The molecule has 1 aromatic carbocycles. The maximum atomic E-state index is 5.99. The summed E-state index contributed by atoms with van der Waals surface area (Å²) in [6.45, 7) is 4.81. The first-order valence-electron chi connectivity index (χ1n) is 4.64. The van der Waals surface area contributed by atoms with E-state index in [0.717, 1.165) is 25.3 Å². The van der Waals surface area contributed by atoms with Crippen LogP contribution in [-0.4, -0.2) is 19.6 Å². The van der Waals surface area contributed by atoms with Crippen molar-refractivity contribution in [2.24, 2.45) is 0 Å². The van der Waals surface area contributed by atoms with Gasteiger partial charge < -0.3 is 10.6 Å². The Balaban J connectivity index is 2.46. The van der Waals surface area contributed by atoms with Crippen molar-refractivity contribution in [1.82, 2.24) is 5.32 Å². The van der Waals surface area contributed by atoms with Crippen LogP contribution in [0.15, 0.2) is 18.2 Å². The van der Waals surface area contributed by atoms with Crippen LogP contribution < -0.4 is 10.6 Å². The summed E-state index contributed by atoms with van der Waals surface area (Å²) in [5.74, 6) is 0. The minimum atomic E-state index is 0.583. The lowest BCUT2D eigenvalue weighted by atomic mass is 10.3. The lowest BCUT2D eigenvalue weighted by Crippen LogP contribution is -2.21. The second kappa shape index (κ2) is 6.12. The average Bonchev–Trinajstić information content (AvgIpc) is 2.19. The van der Waals surface area contributed by atoms with E-state index in [0.29, 0.717) is 10.0 Å². The molecular weight excluding hydrogens is 219 g/mol. The van der Waals surface area contributed by atoms with Crippen molar-refractivity contribution < 1.29 is 0 Å². The molecule has 0 fully saturated rings. The Hall–Kier alpha value is -0.440. The fourth-order valence-corrected chi connectivity index (χ4v) is 1.47. The number of hydrogen-bond donors (Lipinski definition) is 2. The third kappa shape index (κ3) is 3.37. The molecule has 0 saturated carbocycles. The molecule has 0 saturated heterocycles.